The molecule has 3 aliphatic rings. The van der Waals surface area contributed by atoms with Crippen LogP contribution in [0.1, 0.15) is 29.2 Å². The molecule has 3 heterocycles. The zero-order chi connectivity index (χ0) is 17.6. The number of benzene rings is 2. The predicted molar refractivity (Wildman–Crippen MR) is 98.7 cm³/mol. The Kier molecular flexibility index (Phi) is 3.71. The van der Waals surface area contributed by atoms with Gasteiger partial charge in [0, 0.05) is 19.5 Å². The molecule has 0 aromatic heterocycles. The molecule has 2 aromatic rings. The molecule has 5 rings (SSSR count). The average molecular weight is 351 g/mol. The molecular weight excluding hydrogens is 329 g/mol. The van der Waals surface area contributed by atoms with Gasteiger partial charge < -0.3 is 15.0 Å². The number of halogens is 1. The second-order valence-corrected chi connectivity index (χ2v) is 7.41. The fourth-order valence-electron chi connectivity index (χ4n) is 4.34. The molecule has 0 saturated carbocycles. The molecule has 0 aliphatic carbocycles. The van der Waals surface area contributed by atoms with Gasteiger partial charge in [0.25, 0.3) is 6.02 Å². The summed E-state index contributed by atoms with van der Waals surface area (Å²) < 4.78 is 19.9. The second-order valence-electron chi connectivity index (χ2n) is 7.41. The van der Waals surface area contributed by atoms with Gasteiger partial charge in [0.05, 0.1) is 12.6 Å². The van der Waals surface area contributed by atoms with E-state index < -0.39 is 0 Å². The van der Waals surface area contributed by atoms with Crippen molar-refractivity contribution in [3.8, 4) is 0 Å². The van der Waals surface area contributed by atoms with Crippen LogP contribution in [0.5, 0.6) is 0 Å². The number of hydrogen-bond donors (Lipinski definition) is 1. The van der Waals surface area contributed by atoms with E-state index in [4.69, 9.17) is 9.73 Å². The van der Waals surface area contributed by atoms with E-state index in [0.29, 0.717) is 6.54 Å². The first kappa shape index (κ1) is 15.8. The Labute approximate surface area is 152 Å². The highest BCUT2D eigenvalue weighted by Crippen LogP contribution is 2.38. The van der Waals surface area contributed by atoms with Crippen molar-refractivity contribution in [1.29, 1.82) is 0 Å². The van der Waals surface area contributed by atoms with Crippen LogP contribution in [-0.2, 0) is 11.2 Å². The molecule has 2 aromatic carbocycles. The van der Waals surface area contributed by atoms with Gasteiger partial charge in [0.1, 0.15) is 11.4 Å². The molecular formula is C21H22FN3O. The zero-order valence-electron chi connectivity index (χ0n) is 14.6. The first-order chi connectivity index (χ1) is 12.7. The molecule has 2 atom stereocenters. The molecule has 0 amide bonds. The summed E-state index contributed by atoms with van der Waals surface area (Å²) >= 11 is 0. The third kappa shape index (κ3) is 2.58. The van der Waals surface area contributed by atoms with Crippen LogP contribution in [0.15, 0.2) is 53.5 Å². The SMILES string of the molecule is Fc1ccc([C@H]2c3ccccc3CCN2C2=NCC3(CCNC3)O2)cc1. The van der Waals surface area contributed by atoms with E-state index in [1.54, 1.807) is 0 Å². The lowest BCUT2D eigenvalue weighted by Crippen LogP contribution is -2.44. The van der Waals surface area contributed by atoms with E-state index in [-0.39, 0.29) is 17.5 Å². The Morgan fingerprint density at radius 3 is 2.81 bits per heavy atom. The third-order valence-corrected chi connectivity index (χ3v) is 5.73. The summed E-state index contributed by atoms with van der Waals surface area (Å²) in [4.78, 5) is 7.02. The van der Waals surface area contributed by atoms with Crippen molar-refractivity contribution in [3.63, 3.8) is 0 Å². The highest BCUT2D eigenvalue weighted by atomic mass is 19.1. The molecule has 1 saturated heterocycles. The van der Waals surface area contributed by atoms with E-state index in [2.05, 4.69) is 34.5 Å². The second kappa shape index (κ2) is 6.09. The Hall–Kier alpha value is -2.40. The van der Waals surface area contributed by atoms with Crippen molar-refractivity contribution in [2.75, 3.05) is 26.2 Å². The molecule has 26 heavy (non-hydrogen) atoms. The molecule has 3 aliphatic heterocycles. The summed E-state index contributed by atoms with van der Waals surface area (Å²) in [6.07, 6.45) is 1.95. The summed E-state index contributed by atoms with van der Waals surface area (Å²) in [7, 11) is 0. The minimum atomic E-state index is -0.213. The fourth-order valence-corrected chi connectivity index (χ4v) is 4.34. The quantitative estimate of drug-likeness (QED) is 0.858. The maximum Gasteiger partial charge on any atom is 0.288 e. The Morgan fingerprint density at radius 2 is 2.00 bits per heavy atom. The lowest BCUT2D eigenvalue weighted by Gasteiger charge is -2.39. The van der Waals surface area contributed by atoms with Crippen LogP contribution < -0.4 is 5.32 Å². The van der Waals surface area contributed by atoms with Crippen LogP contribution in [0.4, 0.5) is 4.39 Å². The van der Waals surface area contributed by atoms with Crippen molar-refractivity contribution in [2.45, 2.75) is 24.5 Å². The van der Waals surface area contributed by atoms with Gasteiger partial charge in [-0.2, -0.15) is 0 Å². The smallest absolute Gasteiger partial charge is 0.288 e. The van der Waals surface area contributed by atoms with E-state index >= 15 is 0 Å². The van der Waals surface area contributed by atoms with Gasteiger partial charge in [0.2, 0.25) is 0 Å². The molecule has 4 nitrogen and oxygen atoms in total. The van der Waals surface area contributed by atoms with Crippen LogP contribution in [-0.4, -0.2) is 42.7 Å². The van der Waals surface area contributed by atoms with Crippen molar-refractivity contribution in [1.82, 2.24) is 10.2 Å². The van der Waals surface area contributed by atoms with Gasteiger partial charge in [-0.1, -0.05) is 36.4 Å². The highest BCUT2D eigenvalue weighted by molar-refractivity contribution is 5.78. The van der Waals surface area contributed by atoms with Crippen LogP contribution >= 0.6 is 0 Å². The molecule has 134 valence electrons. The normalized spacial score (nSPS) is 27.3. The molecule has 1 N–H and O–H groups in total. The van der Waals surface area contributed by atoms with Crippen LogP contribution in [0.3, 0.4) is 0 Å². The molecule has 0 bridgehead atoms. The summed E-state index contributed by atoms with van der Waals surface area (Å²) in [6, 6.07) is 16.0. The molecule has 5 heteroatoms. The number of aliphatic imine (C=N–C) groups is 1. The molecule has 1 unspecified atom stereocenters. The summed E-state index contributed by atoms with van der Waals surface area (Å²) in [5.74, 6) is -0.213. The number of nitrogens with zero attached hydrogens (tertiary/aromatic N) is 2. The molecule has 0 radical (unpaired) electrons. The number of hydrogen-bond acceptors (Lipinski definition) is 4. The van der Waals surface area contributed by atoms with E-state index in [1.807, 2.05) is 12.1 Å². The number of nitrogens with one attached hydrogen (secondary N) is 1. The van der Waals surface area contributed by atoms with Gasteiger partial charge in [-0.3, -0.25) is 0 Å². The van der Waals surface area contributed by atoms with Crippen molar-refractivity contribution < 1.29 is 9.13 Å². The zero-order valence-corrected chi connectivity index (χ0v) is 14.6. The van der Waals surface area contributed by atoms with Crippen molar-refractivity contribution >= 4 is 6.02 Å². The first-order valence-electron chi connectivity index (χ1n) is 9.28. The van der Waals surface area contributed by atoms with Gasteiger partial charge in [-0.25, -0.2) is 9.38 Å². The molecule has 1 spiro atoms. The maximum absolute atomic E-state index is 13.5. The minimum absolute atomic E-state index is 0.00353. The number of fused-ring (bicyclic) bond motifs is 1. The number of ether oxygens (including phenoxy) is 1. The lowest BCUT2D eigenvalue weighted by atomic mass is 9.88. The van der Waals surface area contributed by atoms with Gasteiger partial charge in [-0.05, 0) is 41.8 Å². The standard InChI is InChI=1S/C21H22FN3O/c22-17-7-5-16(6-8-17)19-18-4-2-1-3-15(18)9-12-25(19)20-24-14-21(26-20)10-11-23-13-21/h1-8,19,23H,9-14H2/t19-,21?/m0/s1. The predicted octanol–water partition coefficient (Wildman–Crippen LogP) is 2.89. The largest absolute Gasteiger partial charge is 0.455 e. The van der Waals surface area contributed by atoms with E-state index in [0.717, 1.165) is 44.1 Å². The molecule has 1 fully saturated rings. The Morgan fingerprint density at radius 1 is 1.15 bits per heavy atom. The van der Waals surface area contributed by atoms with E-state index in [9.17, 15) is 4.39 Å². The van der Waals surface area contributed by atoms with Crippen molar-refractivity contribution in [2.24, 2.45) is 4.99 Å². The Balaban J connectivity index is 1.53. The Bertz CT molecular complexity index is 843. The number of amidine groups is 1. The van der Waals surface area contributed by atoms with Crippen LogP contribution in [0, 0.1) is 5.82 Å². The fraction of sp³-hybridized carbons (Fsp3) is 0.381. The monoisotopic (exact) mass is 351 g/mol. The average Bonchev–Trinajstić information content (AvgIpc) is 3.32. The van der Waals surface area contributed by atoms with Gasteiger partial charge in [0.15, 0.2) is 0 Å². The highest BCUT2D eigenvalue weighted by Gasteiger charge is 2.44. The van der Waals surface area contributed by atoms with Crippen LogP contribution in [0.25, 0.3) is 0 Å². The summed E-state index contributed by atoms with van der Waals surface area (Å²) in [5.41, 5.74) is 3.48. The summed E-state index contributed by atoms with van der Waals surface area (Å²) in [6.45, 7) is 3.39. The van der Waals surface area contributed by atoms with Crippen molar-refractivity contribution in [3.05, 3.63) is 71.0 Å². The van der Waals surface area contributed by atoms with Crippen LogP contribution in [0.2, 0.25) is 0 Å². The first-order valence-corrected chi connectivity index (χ1v) is 9.28. The lowest BCUT2D eigenvalue weighted by molar-refractivity contribution is 0.0813. The number of rotatable bonds is 1. The topological polar surface area (TPSA) is 36.9 Å². The van der Waals surface area contributed by atoms with Gasteiger partial charge in [-0.15, -0.1) is 0 Å². The third-order valence-electron chi connectivity index (χ3n) is 5.73. The summed E-state index contributed by atoms with van der Waals surface area (Å²) in [5, 5.41) is 3.38. The maximum atomic E-state index is 13.5. The minimum Gasteiger partial charge on any atom is -0.455 e. The van der Waals surface area contributed by atoms with Gasteiger partial charge >= 0.3 is 0 Å². The van der Waals surface area contributed by atoms with E-state index in [1.165, 1.54) is 23.3 Å².